The second-order valence-corrected chi connectivity index (χ2v) is 7.55. The SMILES string of the molecule is N#C[C@H](CC(N)=O)NC(=O)[C@@H]1CCCN1C(=O)C1(c2cccc(Cl)c2)CC1. The van der Waals surface area contributed by atoms with E-state index in [9.17, 15) is 14.4 Å². The Bertz CT molecular complexity index is 815. The molecule has 0 aromatic heterocycles. The van der Waals surface area contributed by atoms with E-state index in [1.54, 1.807) is 17.0 Å². The molecule has 1 aromatic carbocycles. The van der Waals surface area contributed by atoms with Crippen molar-refractivity contribution >= 4 is 29.3 Å². The number of carbonyl (C=O) groups is 3. The third-order valence-corrected chi connectivity index (χ3v) is 5.47. The molecule has 1 heterocycles. The lowest BCUT2D eigenvalue weighted by molar-refractivity contribution is -0.140. The van der Waals surface area contributed by atoms with Crippen LogP contribution in [0.4, 0.5) is 0 Å². The van der Waals surface area contributed by atoms with Gasteiger partial charge in [-0.3, -0.25) is 14.4 Å². The maximum Gasteiger partial charge on any atom is 0.243 e. The van der Waals surface area contributed by atoms with Crippen molar-refractivity contribution in [1.29, 1.82) is 5.26 Å². The fraction of sp³-hybridized carbons (Fsp3) is 0.474. The van der Waals surface area contributed by atoms with Crippen LogP contribution in [0.1, 0.15) is 37.7 Å². The van der Waals surface area contributed by atoms with E-state index in [4.69, 9.17) is 22.6 Å². The Hall–Kier alpha value is -2.59. The number of likely N-dealkylation sites (tertiary alicyclic amines) is 1. The molecule has 1 saturated carbocycles. The zero-order chi connectivity index (χ0) is 19.6. The van der Waals surface area contributed by atoms with Crippen LogP contribution < -0.4 is 11.1 Å². The highest BCUT2D eigenvalue weighted by Crippen LogP contribution is 2.50. The number of hydrogen-bond acceptors (Lipinski definition) is 4. The summed E-state index contributed by atoms with van der Waals surface area (Å²) in [6.45, 7) is 0.492. The number of halogens is 1. The summed E-state index contributed by atoms with van der Waals surface area (Å²) < 4.78 is 0. The minimum atomic E-state index is -0.990. The fourth-order valence-corrected chi connectivity index (χ4v) is 3.88. The normalized spacial score (nSPS) is 21.2. The van der Waals surface area contributed by atoms with E-state index < -0.39 is 29.3 Å². The summed E-state index contributed by atoms with van der Waals surface area (Å²) in [5, 5.41) is 12.2. The molecule has 1 aliphatic carbocycles. The molecular weight excluding hydrogens is 368 g/mol. The molecule has 142 valence electrons. The minimum Gasteiger partial charge on any atom is -0.370 e. The van der Waals surface area contributed by atoms with E-state index in [-0.39, 0.29) is 12.3 Å². The quantitative estimate of drug-likeness (QED) is 0.762. The third kappa shape index (κ3) is 3.91. The number of amides is 3. The molecular formula is C19H21ClN4O3. The summed E-state index contributed by atoms with van der Waals surface area (Å²) in [4.78, 5) is 38.5. The number of nitrogens with two attached hydrogens (primary N) is 1. The number of hydrogen-bond donors (Lipinski definition) is 2. The maximum absolute atomic E-state index is 13.3. The first kappa shape index (κ1) is 19.2. The molecule has 3 amide bonds. The first-order valence-electron chi connectivity index (χ1n) is 8.93. The molecule has 2 fully saturated rings. The van der Waals surface area contributed by atoms with Gasteiger partial charge < -0.3 is 16.0 Å². The molecule has 7 nitrogen and oxygen atoms in total. The van der Waals surface area contributed by atoms with Gasteiger partial charge in [0.25, 0.3) is 0 Å². The molecule has 8 heteroatoms. The standard InChI is InChI=1S/C19H21ClN4O3/c20-13-4-1-3-12(9-13)19(6-7-19)18(27)24-8-2-5-15(24)17(26)23-14(11-21)10-16(22)25/h1,3-4,9,14-15H,2,5-8,10H2,(H2,22,25)(H,23,26)/t14-,15-/m0/s1. The number of nitriles is 1. The van der Waals surface area contributed by atoms with Crippen molar-refractivity contribution in [3.8, 4) is 6.07 Å². The molecule has 0 unspecified atom stereocenters. The average molecular weight is 389 g/mol. The van der Waals surface area contributed by atoms with Crippen molar-refractivity contribution in [2.24, 2.45) is 5.73 Å². The monoisotopic (exact) mass is 388 g/mol. The number of primary amides is 1. The molecule has 2 aliphatic rings. The molecule has 2 atom stereocenters. The molecule has 1 aliphatic heterocycles. The van der Waals surface area contributed by atoms with Crippen LogP contribution in [-0.4, -0.2) is 41.2 Å². The lowest BCUT2D eigenvalue weighted by Crippen LogP contribution is -2.51. The van der Waals surface area contributed by atoms with Gasteiger partial charge in [0.05, 0.1) is 17.9 Å². The summed E-state index contributed by atoms with van der Waals surface area (Å²) in [6, 6.07) is 7.50. The predicted molar refractivity (Wildman–Crippen MR) is 98.5 cm³/mol. The van der Waals surface area contributed by atoms with Gasteiger partial charge in [-0.05, 0) is 43.4 Å². The lowest BCUT2D eigenvalue weighted by Gasteiger charge is -2.29. The van der Waals surface area contributed by atoms with Crippen molar-refractivity contribution in [3.63, 3.8) is 0 Å². The van der Waals surface area contributed by atoms with Crippen LogP contribution in [0.2, 0.25) is 5.02 Å². The van der Waals surface area contributed by atoms with Crippen molar-refractivity contribution in [2.75, 3.05) is 6.54 Å². The molecule has 0 bridgehead atoms. The Kier molecular flexibility index (Phi) is 5.38. The molecule has 3 N–H and O–H groups in total. The Balaban J connectivity index is 1.74. The van der Waals surface area contributed by atoms with Gasteiger partial charge in [0.15, 0.2) is 0 Å². The summed E-state index contributed by atoms with van der Waals surface area (Å²) >= 11 is 6.08. The van der Waals surface area contributed by atoms with E-state index in [0.717, 1.165) is 18.4 Å². The Morgan fingerprint density at radius 3 is 2.74 bits per heavy atom. The Morgan fingerprint density at radius 2 is 2.15 bits per heavy atom. The predicted octanol–water partition coefficient (Wildman–Crippen LogP) is 1.25. The lowest BCUT2D eigenvalue weighted by atomic mass is 9.94. The van der Waals surface area contributed by atoms with Crippen molar-refractivity contribution < 1.29 is 14.4 Å². The number of carbonyl (C=O) groups excluding carboxylic acids is 3. The fourth-order valence-electron chi connectivity index (χ4n) is 3.69. The Labute approximate surface area is 162 Å². The van der Waals surface area contributed by atoms with Crippen molar-refractivity contribution in [1.82, 2.24) is 10.2 Å². The molecule has 1 aromatic rings. The van der Waals surface area contributed by atoms with Gasteiger partial charge in [0.1, 0.15) is 12.1 Å². The van der Waals surface area contributed by atoms with Crippen LogP contribution in [0.3, 0.4) is 0 Å². The maximum atomic E-state index is 13.3. The zero-order valence-electron chi connectivity index (χ0n) is 14.8. The first-order valence-corrected chi connectivity index (χ1v) is 9.30. The average Bonchev–Trinajstić information content (AvgIpc) is 3.29. The first-order chi connectivity index (χ1) is 12.9. The number of benzene rings is 1. The largest absolute Gasteiger partial charge is 0.370 e. The van der Waals surface area contributed by atoms with Crippen molar-refractivity contribution in [3.05, 3.63) is 34.9 Å². The number of rotatable bonds is 6. The van der Waals surface area contributed by atoms with Crippen LogP contribution in [0.15, 0.2) is 24.3 Å². The highest BCUT2D eigenvalue weighted by atomic mass is 35.5. The van der Waals surface area contributed by atoms with Gasteiger partial charge in [-0.15, -0.1) is 0 Å². The van der Waals surface area contributed by atoms with Gasteiger partial charge in [-0.2, -0.15) is 5.26 Å². The second kappa shape index (κ2) is 7.57. The molecule has 27 heavy (non-hydrogen) atoms. The van der Waals surface area contributed by atoms with E-state index in [1.165, 1.54) is 0 Å². The van der Waals surface area contributed by atoms with Gasteiger partial charge in [0.2, 0.25) is 17.7 Å². The zero-order valence-corrected chi connectivity index (χ0v) is 15.5. The number of nitrogens with zero attached hydrogens (tertiary/aromatic N) is 2. The highest BCUT2D eigenvalue weighted by molar-refractivity contribution is 6.30. The van der Waals surface area contributed by atoms with E-state index in [2.05, 4.69) is 5.32 Å². The second-order valence-electron chi connectivity index (χ2n) is 7.11. The molecule has 0 radical (unpaired) electrons. The summed E-state index contributed by atoms with van der Waals surface area (Å²) in [5.74, 6) is -1.17. The highest BCUT2D eigenvalue weighted by Gasteiger charge is 2.55. The minimum absolute atomic E-state index is 0.0779. The summed E-state index contributed by atoms with van der Waals surface area (Å²) in [6.07, 6.45) is 2.43. The van der Waals surface area contributed by atoms with Gasteiger partial charge in [-0.25, -0.2) is 0 Å². The molecule has 0 spiro atoms. The van der Waals surface area contributed by atoms with Crippen molar-refractivity contribution in [2.45, 2.75) is 49.6 Å². The van der Waals surface area contributed by atoms with Crippen LogP contribution >= 0.6 is 11.6 Å². The van der Waals surface area contributed by atoms with Crippen LogP contribution in [0.25, 0.3) is 0 Å². The Morgan fingerprint density at radius 1 is 1.41 bits per heavy atom. The van der Waals surface area contributed by atoms with Crippen LogP contribution in [0, 0.1) is 11.3 Å². The van der Waals surface area contributed by atoms with Gasteiger partial charge >= 0.3 is 0 Å². The van der Waals surface area contributed by atoms with Crippen LogP contribution in [0.5, 0.6) is 0 Å². The topological polar surface area (TPSA) is 116 Å². The van der Waals surface area contributed by atoms with Crippen LogP contribution in [-0.2, 0) is 19.8 Å². The van der Waals surface area contributed by atoms with Gasteiger partial charge in [0, 0.05) is 11.6 Å². The third-order valence-electron chi connectivity index (χ3n) is 5.23. The number of nitrogens with one attached hydrogen (secondary N) is 1. The molecule has 1 saturated heterocycles. The molecule has 3 rings (SSSR count). The van der Waals surface area contributed by atoms with Gasteiger partial charge in [-0.1, -0.05) is 23.7 Å². The smallest absolute Gasteiger partial charge is 0.243 e. The van der Waals surface area contributed by atoms with E-state index in [1.807, 2.05) is 18.2 Å². The van der Waals surface area contributed by atoms with E-state index >= 15 is 0 Å². The van der Waals surface area contributed by atoms with E-state index in [0.29, 0.717) is 24.4 Å². The summed E-state index contributed by atoms with van der Waals surface area (Å²) in [5.41, 5.74) is 5.35. The summed E-state index contributed by atoms with van der Waals surface area (Å²) in [7, 11) is 0.